The molecule has 0 saturated carbocycles. The molecule has 0 aliphatic heterocycles. The number of aryl methyl sites for hydroxylation is 1. The van der Waals surface area contributed by atoms with E-state index in [1.807, 2.05) is 31.3 Å². The third kappa shape index (κ3) is 5.24. The van der Waals surface area contributed by atoms with Crippen LogP contribution >= 0.6 is 0 Å². The van der Waals surface area contributed by atoms with Gasteiger partial charge in [-0.3, -0.25) is 0 Å². The monoisotopic (exact) mass is 387 g/mol. The summed E-state index contributed by atoms with van der Waals surface area (Å²) < 4.78 is 37.5. The van der Waals surface area contributed by atoms with E-state index in [1.165, 1.54) is 18.4 Å². The maximum absolute atomic E-state index is 13.2. The lowest BCUT2D eigenvalue weighted by Gasteiger charge is -2.05. The number of nitrogens with zero attached hydrogens (tertiary/aromatic N) is 2. The molecule has 1 N–H and O–H groups in total. The maximum Gasteiger partial charge on any atom is 0.148 e. The molecular weight excluding hydrogens is 365 g/mol. The molecule has 0 aliphatic rings. The van der Waals surface area contributed by atoms with Crippen LogP contribution in [0.4, 0.5) is 4.39 Å². The van der Waals surface area contributed by atoms with E-state index in [-0.39, 0.29) is 11.6 Å². The lowest BCUT2D eigenvalue weighted by molar-refractivity contribution is 0.596. The molecule has 0 aliphatic carbocycles. The van der Waals surface area contributed by atoms with Crippen LogP contribution in [0.3, 0.4) is 0 Å². The Labute approximate surface area is 158 Å². The molecule has 1 aromatic heterocycles. The zero-order valence-corrected chi connectivity index (χ0v) is 16.1. The summed E-state index contributed by atoms with van der Waals surface area (Å²) in [6.07, 6.45) is 3.11. The summed E-state index contributed by atoms with van der Waals surface area (Å²) in [7, 11) is -3.01. The number of hydrogen-bond acceptors (Lipinski definition) is 4. The molecule has 2 aromatic carbocycles. The van der Waals surface area contributed by atoms with Crippen molar-refractivity contribution in [3.8, 4) is 16.9 Å². The van der Waals surface area contributed by atoms with E-state index >= 15 is 0 Å². The van der Waals surface area contributed by atoms with Gasteiger partial charge < -0.3 is 5.32 Å². The van der Waals surface area contributed by atoms with Crippen molar-refractivity contribution in [1.82, 2.24) is 15.1 Å². The van der Waals surface area contributed by atoms with Gasteiger partial charge in [0.2, 0.25) is 0 Å². The Morgan fingerprint density at radius 2 is 1.89 bits per heavy atom. The van der Waals surface area contributed by atoms with E-state index in [0.717, 1.165) is 28.1 Å². The highest BCUT2D eigenvalue weighted by Crippen LogP contribution is 2.24. The lowest BCUT2D eigenvalue weighted by atomic mass is 10.1. The molecule has 5 nitrogen and oxygen atoms in total. The highest BCUT2D eigenvalue weighted by atomic mass is 32.2. The van der Waals surface area contributed by atoms with Crippen molar-refractivity contribution in [3.05, 3.63) is 71.7 Å². The van der Waals surface area contributed by atoms with Crippen LogP contribution in [-0.2, 0) is 16.4 Å². The fraction of sp³-hybridized carbons (Fsp3) is 0.250. The minimum Gasteiger partial charge on any atom is -0.312 e. The molecule has 0 radical (unpaired) electrons. The molecular formula is C20H22FN3O2S. The SMILES string of the molecule is Cc1cccc(-c2nn(-c3ccc(F)cc3)cc2CNCCS(C)(=O)=O)c1. The van der Waals surface area contributed by atoms with Gasteiger partial charge in [0.25, 0.3) is 0 Å². The highest BCUT2D eigenvalue weighted by Gasteiger charge is 2.13. The van der Waals surface area contributed by atoms with E-state index in [0.29, 0.717) is 13.1 Å². The van der Waals surface area contributed by atoms with E-state index < -0.39 is 9.84 Å². The van der Waals surface area contributed by atoms with Crippen LogP contribution in [0.25, 0.3) is 16.9 Å². The Morgan fingerprint density at radius 1 is 1.15 bits per heavy atom. The highest BCUT2D eigenvalue weighted by molar-refractivity contribution is 7.90. The van der Waals surface area contributed by atoms with Crippen LogP contribution in [-0.4, -0.2) is 36.8 Å². The Hall–Kier alpha value is -2.51. The van der Waals surface area contributed by atoms with Gasteiger partial charge in [-0.15, -0.1) is 0 Å². The Balaban J connectivity index is 1.90. The van der Waals surface area contributed by atoms with Gasteiger partial charge in [-0.1, -0.05) is 23.8 Å². The summed E-state index contributed by atoms with van der Waals surface area (Å²) in [6, 6.07) is 14.2. The molecule has 3 rings (SSSR count). The summed E-state index contributed by atoms with van der Waals surface area (Å²) in [5.74, 6) is -0.216. The molecule has 0 bridgehead atoms. The summed E-state index contributed by atoms with van der Waals surface area (Å²) in [5.41, 5.74) is 4.62. The first-order valence-corrected chi connectivity index (χ1v) is 10.7. The van der Waals surface area contributed by atoms with Gasteiger partial charge in [-0.05, 0) is 37.3 Å². The molecule has 0 spiro atoms. The normalized spacial score (nSPS) is 11.7. The van der Waals surface area contributed by atoms with E-state index in [2.05, 4.69) is 16.5 Å². The second kappa shape index (κ2) is 8.02. The minimum atomic E-state index is -3.01. The van der Waals surface area contributed by atoms with E-state index in [4.69, 9.17) is 0 Å². The predicted molar refractivity (Wildman–Crippen MR) is 105 cm³/mol. The third-order valence-corrected chi connectivity index (χ3v) is 5.08. The van der Waals surface area contributed by atoms with Crippen molar-refractivity contribution in [1.29, 1.82) is 0 Å². The van der Waals surface area contributed by atoms with Gasteiger partial charge in [0.05, 0.1) is 17.1 Å². The van der Waals surface area contributed by atoms with Crippen molar-refractivity contribution in [2.75, 3.05) is 18.6 Å². The van der Waals surface area contributed by atoms with Gasteiger partial charge >= 0.3 is 0 Å². The molecule has 0 unspecified atom stereocenters. The zero-order chi connectivity index (χ0) is 19.4. The smallest absolute Gasteiger partial charge is 0.148 e. The van der Waals surface area contributed by atoms with E-state index in [9.17, 15) is 12.8 Å². The van der Waals surface area contributed by atoms with Crippen molar-refractivity contribution in [2.24, 2.45) is 0 Å². The summed E-state index contributed by atoms with van der Waals surface area (Å²) in [5, 5.41) is 7.85. The molecule has 0 atom stereocenters. The summed E-state index contributed by atoms with van der Waals surface area (Å²) >= 11 is 0. The Kier molecular flexibility index (Phi) is 5.72. The van der Waals surface area contributed by atoms with Crippen LogP contribution < -0.4 is 5.32 Å². The second-order valence-corrected chi connectivity index (χ2v) is 8.86. The molecule has 27 heavy (non-hydrogen) atoms. The second-order valence-electron chi connectivity index (χ2n) is 6.60. The van der Waals surface area contributed by atoms with Gasteiger partial charge in [-0.2, -0.15) is 5.10 Å². The van der Waals surface area contributed by atoms with Crippen molar-refractivity contribution in [2.45, 2.75) is 13.5 Å². The maximum atomic E-state index is 13.2. The van der Waals surface area contributed by atoms with Crippen molar-refractivity contribution >= 4 is 9.84 Å². The largest absolute Gasteiger partial charge is 0.312 e. The lowest BCUT2D eigenvalue weighted by Crippen LogP contribution is -2.22. The number of aromatic nitrogens is 2. The molecule has 3 aromatic rings. The zero-order valence-electron chi connectivity index (χ0n) is 15.3. The average molecular weight is 387 g/mol. The van der Waals surface area contributed by atoms with Gasteiger partial charge in [0.1, 0.15) is 15.7 Å². The summed E-state index contributed by atoms with van der Waals surface area (Å²) in [4.78, 5) is 0. The first kappa shape index (κ1) is 19.3. The minimum absolute atomic E-state index is 0.0822. The first-order valence-electron chi connectivity index (χ1n) is 8.62. The standard InChI is InChI=1S/C20H22FN3O2S/c1-15-4-3-5-16(12-15)20-17(13-22-10-11-27(2,25)26)14-24(23-20)19-8-6-18(21)7-9-19/h3-9,12,14,22H,10-11,13H2,1-2H3. The molecule has 0 saturated heterocycles. The number of benzene rings is 2. The topological polar surface area (TPSA) is 64.0 Å². The number of rotatable bonds is 7. The molecule has 7 heteroatoms. The fourth-order valence-corrected chi connectivity index (χ4v) is 3.30. The van der Waals surface area contributed by atoms with Crippen LogP contribution in [0.15, 0.2) is 54.7 Å². The summed E-state index contributed by atoms with van der Waals surface area (Å²) in [6.45, 7) is 2.87. The Morgan fingerprint density at radius 3 is 2.56 bits per heavy atom. The molecule has 0 amide bonds. The molecule has 0 fully saturated rings. The number of halogens is 1. The van der Waals surface area contributed by atoms with Gasteiger partial charge in [0.15, 0.2) is 0 Å². The van der Waals surface area contributed by atoms with Crippen LogP contribution in [0.2, 0.25) is 0 Å². The first-order chi connectivity index (χ1) is 12.8. The molecule has 142 valence electrons. The average Bonchev–Trinajstić information content (AvgIpc) is 3.03. The fourth-order valence-electron chi connectivity index (χ4n) is 2.78. The quantitative estimate of drug-likeness (QED) is 0.633. The number of nitrogens with one attached hydrogen (secondary N) is 1. The van der Waals surface area contributed by atoms with Crippen molar-refractivity contribution in [3.63, 3.8) is 0 Å². The number of sulfone groups is 1. The predicted octanol–water partition coefficient (Wildman–Crippen LogP) is 3.12. The van der Waals surface area contributed by atoms with Crippen LogP contribution in [0.1, 0.15) is 11.1 Å². The Bertz CT molecular complexity index is 1030. The van der Waals surface area contributed by atoms with E-state index in [1.54, 1.807) is 16.8 Å². The van der Waals surface area contributed by atoms with Gasteiger partial charge in [0, 0.05) is 36.7 Å². The van der Waals surface area contributed by atoms with Crippen molar-refractivity contribution < 1.29 is 12.8 Å². The van der Waals surface area contributed by atoms with Crippen LogP contribution in [0.5, 0.6) is 0 Å². The van der Waals surface area contributed by atoms with Crippen LogP contribution in [0, 0.1) is 12.7 Å². The van der Waals surface area contributed by atoms with Gasteiger partial charge in [-0.25, -0.2) is 17.5 Å². The number of hydrogen-bond donors (Lipinski definition) is 1. The molecule has 1 heterocycles. The third-order valence-electron chi connectivity index (χ3n) is 4.14.